The van der Waals surface area contributed by atoms with Crippen molar-refractivity contribution in [1.82, 2.24) is 4.57 Å². The zero-order valence-corrected chi connectivity index (χ0v) is 18.7. The van der Waals surface area contributed by atoms with E-state index in [1.807, 2.05) is 0 Å². The van der Waals surface area contributed by atoms with Gasteiger partial charge in [0.05, 0.1) is 0 Å². The van der Waals surface area contributed by atoms with Crippen LogP contribution in [0.3, 0.4) is 0 Å². The fourth-order valence-corrected chi connectivity index (χ4v) is 7.79. The summed E-state index contributed by atoms with van der Waals surface area (Å²) >= 11 is 0. The van der Waals surface area contributed by atoms with Crippen LogP contribution in [0.15, 0.2) is 0 Å². The van der Waals surface area contributed by atoms with Gasteiger partial charge < -0.3 is 13.4 Å². The molecule has 0 amide bonds. The fourth-order valence-electron chi connectivity index (χ4n) is 2.85. The lowest BCUT2D eigenvalue weighted by Gasteiger charge is -2.45. The van der Waals surface area contributed by atoms with Crippen molar-refractivity contribution < 1.29 is 8.85 Å². The molecule has 5 heteroatoms. The zero-order valence-electron chi connectivity index (χ0n) is 16.7. The zero-order chi connectivity index (χ0) is 17.4. The minimum Gasteiger partial charge on any atom is -0.395 e. The first-order chi connectivity index (χ1) is 10.0. The summed E-state index contributed by atoms with van der Waals surface area (Å²) < 4.78 is 14.6. The van der Waals surface area contributed by atoms with Crippen LogP contribution in [-0.4, -0.2) is 47.7 Å². The Balaban J connectivity index is 4.43. The van der Waals surface area contributed by atoms with Crippen molar-refractivity contribution in [2.24, 2.45) is 0 Å². The topological polar surface area (TPSA) is 21.7 Å². The molecule has 0 aromatic rings. The largest absolute Gasteiger partial charge is 0.395 e. The van der Waals surface area contributed by atoms with Gasteiger partial charge in [-0.15, -0.1) is 0 Å². The van der Waals surface area contributed by atoms with Crippen LogP contribution in [0.1, 0.15) is 54.4 Å². The molecule has 0 atom stereocenters. The molecule has 0 heterocycles. The van der Waals surface area contributed by atoms with Gasteiger partial charge in [0.15, 0.2) is 0 Å². The summed E-state index contributed by atoms with van der Waals surface area (Å²) in [5.74, 6) is 0. The molecular formula is C17H41NO2Si2. The molecule has 3 nitrogen and oxygen atoms in total. The van der Waals surface area contributed by atoms with Gasteiger partial charge in [-0.1, -0.05) is 47.2 Å². The predicted molar refractivity (Wildman–Crippen MR) is 103 cm³/mol. The van der Waals surface area contributed by atoms with Gasteiger partial charge in [-0.2, -0.15) is 0 Å². The minimum absolute atomic E-state index is 0.420. The molecule has 0 aliphatic carbocycles. The molecule has 0 radical (unpaired) electrons. The van der Waals surface area contributed by atoms with Crippen molar-refractivity contribution in [2.75, 3.05) is 26.3 Å². The van der Waals surface area contributed by atoms with Crippen LogP contribution in [0.25, 0.3) is 0 Å². The third-order valence-corrected chi connectivity index (χ3v) is 14.1. The summed E-state index contributed by atoms with van der Waals surface area (Å²) in [6, 6.07) is 1.11. The SMILES string of the molecule is CCO[Si](C)(CCCCN(CC)[Si](C)(C)C(C)(C)C)OCC. The molecular weight excluding hydrogens is 306 g/mol. The van der Waals surface area contributed by atoms with Gasteiger partial charge in [0.2, 0.25) is 0 Å². The second-order valence-corrected chi connectivity index (χ2v) is 16.4. The third-order valence-electron chi connectivity index (χ3n) is 5.22. The van der Waals surface area contributed by atoms with Crippen molar-refractivity contribution in [3.05, 3.63) is 0 Å². The normalized spacial score (nSPS) is 13.9. The van der Waals surface area contributed by atoms with E-state index in [4.69, 9.17) is 8.85 Å². The van der Waals surface area contributed by atoms with Gasteiger partial charge in [0, 0.05) is 13.2 Å². The van der Waals surface area contributed by atoms with Crippen LogP contribution in [-0.2, 0) is 8.85 Å². The monoisotopic (exact) mass is 347 g/mol. The highest BCUT2D eigenvalue weighted by Crippen LogP contribution is 2.38. The first-order valence-electron chi connectivity index (χ1n) is 9.07. The van der Waals surface area contributed by atoms with Crippen LogP contribution < -0.4 is 0 Å². The quantitative estimate of drug-likeness (QED) is 0.377. The maximum Gasteiger partial charge on any atom is 0.334 e. The van der Waals surface area contributed by atoms with Crippen LogP contribution in [0.4, 0.5) is 0 Å². The minimum atomic E-state index is -1.92. The Morgan fingerprint density at radius 3 is 1.73 bits per heavy atom. The van der Waals surface area contributed by atoms with Gasteiger partial charge in [0.1, 0.15) is 8.24 Å². The Bertz CT molecular complexity index is 298. The highest BCUT2D eigenvalue weighted by atomic mass is 28.4. The van der Waals surface area contributed by atoms with E-state index < -0.39 is 16.8 Å². The summed E-state index contributed by atoms with van der Waals surface area (Å²) in [5.41, 5.74) is 0. The van der Waals surface area contributed by atoms with E-state index in [1.54, 1.807) is 0 Å². The Morgan fingerprint density at radius 1 is 0.864 bits per heavy atom. The maximum atomic E-state index is 5.94. The lowest BCUT2D eigenvalue weighted by Crippen LogP contribution is -2.55. The second-order valence-electron chi connectivity index (χ2n) is 7.85. The molecule has 0 saturated carbocycles. The average Bonchev–Trinajstić information content (AvgIpc) is 2.37. The molecule has 134 valence electrons. The molecule has 0 fully saturated rings. The molecule has 22 heavy (non-hydrogen) atoms. The first kappa shape index (κ1) is 22.3. The van der Waals surface area contributed by atoms with E-state index in [0.29, 0.717) is 5.04 Å². The summed E-state index contributed by atoms with van der Waals surface area (Å²) in [6.07, 6.45) is 2.47. The first-order valence-corrected chi connectivity index (χ1v) is 14.5. The van der Waals surface area contributed by atoms with Crippen LogP contribution in [0.2, 0.25) is 30.7 Å². The molecule has 0 N–H and O–H groups in total. The number of hydrogen-bond acceptors (Lipinski definition) is 3. The number of hydrogen-bond donors (Lipinski definition) is 0. The van der Waals surface area contributed by atoms with E-state index in [0.717, 1.165) is 19.3 Å². The maximum absolute atomic E-state index is 5.94. The van der Waals surface area contributed by atoms with Gasteiger partial charge in [0.25, 0.3) is 0 Å². The van der Waals surface area contributed by atoms with Crippen LogP contribution in [0.5, 0.6) is 0 Å². The summed E-state index contributed by atoms with van der Waals surface area (Å²) in [4.78, 5) is 0. The fraction of sp³-hybridized carbons (Fsp3) is 1.00. The molecule has 0 aromatic carbocycles. The van der Waals surface area contributed by atoms with E-state index in [2.05, 4.69) is 65.7 Å². The van der Waals surface area contributed by atoms with E-state index in [1.165, 1.54) is 25.9 Å². The standard InChI is InChI=1S/C17H41NO2Si2/c1-10-18(21(7,8)17(4,5)6)15-13-14-16-22(9,19-11-2)20-12-3/h10-16H2,1-9H3. The second kappa shape index (κ2) is 9.57. The van der Waals surface area contributed by atoms with Gasteiger partial charge >= 0.3 is 8.56 Å². The highest BCUT2D eigenvalue weighted by Gasteiger charge is 2.40. The Hall–Kier alpha value is 0.314. The summed E-state index contributed by atoms with van der Waals surface area (Å²) in [5, 5.41) is 0.420. The van der Waals surface area contributed by atoms with Gasteiger partial charge in [-0.3, -0.25) is 0 Å². The molecule has 0 rings (SSSR count). The van der Waals surface area contributed by atoms with E-state index in [-0.39, 0.29) is 0 Å². The lowest BCUT2D eigenvalue weighted by atomic mass is 10.2. The predicted octanol–water partition coefficient (Wildman–Crippen LogP) is 5.24. The van der Waals surface area contributed by atoms with E-state index in [9.17, 15) is 0 Å². The van der Waals surface area contributed by atoms with Gasteiger partial charge in [-0.05, 0) is 51.0 Å². The summed E-state index contributed by atoms with van der Waals surface area (Å²) in [7, 11) is -3.30. The van der Waals surface area contributed by atoms with Gasteiger partial charge in [-0.25, -0.2) is 0 Å². The van der Waals surface area contributed by atoms with E-state index >= 15 is 0 Å². The Morgan fingerprint density at radius 2 is 1.36 bits per heavy atom. The van der Waals surface area contributed by atoms with Crippen molar-refractivity contribution >= 4 is 16.8 Å². The Labute approximate surface area is 142 Å². The molecule has 0 unspecified atom stereocenters. The lowest BCUT2D eigenvalue weighted by molar-refractivity contribution is 0.188. The average molecular weight is 348 g/mol. The third kappa shape index (κ3) is 6.83. The summed E-state index contributed by atoms with van der Waals surface area (Å²) in [6.45, 7) is 24.8. The van der Waals surface area contributed by atoms with Crippen molar-refractivity contribution in [3.8, 4) is 0 Å². The molecule has 0 spiro atoms. The van der Waals surface area contributed by atoms with Crippen LogP contribution >= 0.6 is 0 Å². The Kier molecular flexibility index (Phi) is 9.71. The molecule has 0 bridgehead atoms. The number of rotatable bonds is 11. The van der Waals surface area contributed by atoms with Crippen LogP contribution in [0, 0.1) is 0 Å². The smallest absolute Gasteiger partial charge is 0.334 e. The van der Waals surface area contributed by atoms with Crippen molar-refractivity contribution in [3.63, 3.8) is 0 Å². The number of unbranched alkanes of at least 4 members (excludes halogenated alkanes) is 1. The number of nitrogens with zero attached hydrogens (tertiary/aromatic N) is 1. The molecule has 0 aliphatic rings. The molecule has 0 aromatic heterocycles. The van der Waals surface area contributed by atoms with Crippen molar-refractivity contribution in [1.29, 1.82) is 0 Å². The molecule has 0 saturated heterocycles. The highest BCUT2D eigenvalue weighted by molar-refractivity contribution is 6.77. The van der Waals surface area contributed by atoms with Crippen molar-refractivity contribution in [2.45, 2.75) is 85.1 Å². The molecule has 0 aliphatic heterocycles.